The van der Waals surface area contributed by atoms with Crippen molar-refractivity contribution in [3.8, 4) is 0 Å². The molecule has 0 bridgehead atoms. The number of amides is 2. The average molecular weight is 274 g/mol. The van der Waals surface area contributed by atoms with Gasteiger partial charge in [-0.2, -0.15) is 0 Å². The Morgan fingerprint density at radius 2 is 1.95 bits per heavy atom. The molecule has 0 unspecified atom stereocenters. The van der Waals surface area contributed by atoms with Crippen LogP contribution in [0.1, 0.15) is 38.8 Å². The second kappa shape index (κ2) is 6.07. The highest BCUT2D eigenvalue weighted by Gasteiger charge is 2.35. The first-order valence-electron chi connectivity index (χ1n) is 7.10. The lowest BCUT2D eigenvalue weighted by Gasteiger charge is -2.26. The minimum absolute atomic E-state index is 0.0319. The van der Waals surface area contributed by atoms with Crippen molar-refractivity contribution in [3.05, 3.63) is 35.9 Å². The van der Waals surface area contributed by atoms with Crippen LogP contribution in [0.4, 0.5) is 0 Å². The van der Waals surface area contributed by atoms with Gasteiger partial charge in [-0.15, -0.1) is 0 Å². The molecular formula is C16H22N2O2. The molecule has 4 heteroatoms. The molecule has 1 aromatic rings. The van der Waals surface area contributed by atoms with Gasteiger partial charge in [0.05, 0.1) is 6.04 Å². The largest absolute Gasteiger partial charge is 0.354 e. The van der Waals surface area contributed by atoms with Crippen molar-refractivity contribution in [1.29, 1.82) is 0 Å². The normalized spacial score (nSPS) is 21.6. The molecule has 1 aromatic carbocycles. The standard InChI is InChI=1S/C16H22N2O2/c1-11(17-13(3)19)15-9-16(20)18(10-15)12(2)14-7-5-4-6-8-14/h4-8,11-12,15H,9-10H2,1-3H3,(H,17,19)/t11-,12-,15+/m1/s1. The van der Waals surface area contributed by atoms with E-state index in [0.717, 1.165) is 5.56 Å². The van der Waals surface area contributed by atoms with Crippen molar-refractivity contribution < 1.29 is 9.59 Å². The molecule has 1 heterocycles. The maximum Gasteiger partial charge on any atom is 0.223 e. The predicted molar refractivity (Wildman–Crippen MR) is 78.0 cm³/mol. The van der Waals surface area contributed by atoms with E-state index < -0.39 is 0 Å². The maximum atomic E-state index is 12.2. The van der Waals surface area contributed by atoms with Gasteiger partial charge in [-0.1, -0.05) is 30.3 Å². The number of benzene rings is 1. The van der Waals surface area contributed by atoms with Crippen LogP contribution in [0, 0.1) is 5.92 Å². The summed E-state index contributed by atoms with van der Waals surface area (Å²) in [6.45, 7) is 6.24. The zero-order valence-corrected chi connectivity index (χ0v) is 12.3. The van der Waals surface area contributed by atoms with Crippen LogP contribution in [0.5, 0.6) is 0 Å². The second-order valence-corrected chi connectivity index (χ2v) is 5.59. The number of rotatable bonds is 4. The molecular weight excluding hydrogens is 252 g/mol. The van der Waals surface area contributed by atoms with Crippen LogP contribution in [0.3, 0.4) is 0 Å². The molecule has 2 rings (SSSR count). The molecule has 0 saturated carbocycles. The molecule has 0 aromatic heterocycles. The van der Waals surface area contributed by atoms with Gasteiger partial charge in [0.2, 0.25) is 11.8 Å². The lowest BCUT2D eigenvalue weighted by molar-refractivity contribution is -0.129. The number of hydrogen-bond donors (Lipinski definition) is 1. The van der Waals surface area contributed by atoms with Crippen LogP contribution >= 0.6 is 0 Å². The lowest BCUT2D eigenvalue weighted by atomic mass is 10.0. The van der Waals surface area contributed by atoms with Crippen LogP contribution in [0.2, 0.25) is 0 Å². The highest BCUT2D eigenvalue weighted by molar-refractivity contribution is 5.79. The molecule has 0 radical (unpaired) electrons. The Bertz CT molecular complexity index is 487. The van der Waals surface area contributed by atoms with E-state index in [-0.39, 0.29) is 29.8 Å². The maximum absolute atomic E-state index is 12.2. The monoisotopic (exact) mass is 274 g/mol. The summed E-state index contributed by atoms with van der Waals surface area (Å²) in [7, 11) is 0. The van der Waals surface area contributed by atoms with E-state index in [1.165, 1.54) is 6.92 Å². The Labute approximate surface area is 120 Å². The van der Waals surface area contributed by atoms with Gasteiger partial charge in [0.15, 0.2) is 0 Å². The van der Waals surface area contributed by atoms with Gasteiger partial charge in [-0.3, -0.25) is 9.59 Å². The van der Waals surface area contributed by atoms with Crippen LogP contribution in [-0.2, 0) is 9.59 Å². The fourth-order valence-corrected chi connectivity index (χ4v) is 2.82. The summed E-state index contributed by atoms with van der Waals surface area (Å²) in [4.78, 5) is 25.2. The van der Waals surface area contributed by atoms with Crippen molar-refractivity contribution >= 4 is 11.8 Å². The lowest BCUT2D eigenvalue weighted by Crippen LogP contribution is -2.38. The SMILES string of the molecule is CC(=O)N[C@H](C)[C@H]1CC(=O)N([C@H](C)c2ccccc2)C1. The van der Waals surface area contributed by atoms with Gasteiger partial charge in [0.25, 0.3) is 0 Å². The molecule has 1 fully saturated rings. The van der Waals surface area contributed by atoms with Crippen LogP contribution in [0.25, 0.3) is 0 Å². The Morgan fingerprint density at radius 1 is 1.30 bits per heavy atom. The van der Waals surface area contributed by atoms with Crippen LogP contribution in [0.15, 0.2) is 30.3 Å². The molecule has 1 aliphatic heterocycles. The van der Waals surface area contributed by atoms with Crippen molar-refractivity contribution in [2.45, 2.75) is 39.3 Å². The fourth-order valence-electron chi connectivity index (χ4n) is 2.82. The minimum atomic E-state index is -0.0421. The summed E-state index contributed by atoms with van der Waals surface area (Å²) in [6.07, 6.45) is 0.513. The minimum Gasteiger partial charge on any atom is -0.354 e. The number of nitrogens with one attached hydrogen (secondary N) is 1. The predicted octanol–water partition coefficient (Wildman–Crippen LogP) is 2.12. The smallest absolute Gasteiger partial charge is 0.223 e. The van der Waals surface area contributed by atoms with E-state index in [1.807, 2.05) is 42.2 Å². The zero-order chi connectivity index (χ0) is 14.7. The van der Waals surface area contributed by atoms with Gasteiger partial charge in [-0.05, 0) is 19.4 Å². The molecule has 2 amide bonds. The highest BCUT2D eigenvalue weighted by atomic mass is 16.2. The zero-order valence-electron chi connectivity index (χ0n) is 12.3. The van der Waals surface area contributed by atoms with Crippen molar-refractivity contribution in [3.63, 3.8) is 0 Å². The van der Waals surface area contributed by atoms with Gasteiger partial charge >= 0.3 is 0 Å². The van der Waals surface area contributed by atoms with E-state index in [1.54, 1.807) is 0 Å². The Balaban J connectivity index is 2.04. The summed E-state index contributed by atoms with van der Waals surface area (Å²) >= 11 is 0. The summed E-state index contributed by atoms with van der Waals surface area (Å²) in [6, 6.07) is 10.2. The Kier molecular flexibility index (Phi) is 4.42. The van der Waals surface area contributed by atoms with Crippen molar-refractivity contribution in [2.75, 3.05) is 6.54 Å². The Morgan fingerprint density at radius 3 is 2.55 bits per heavy atom. The molecule has 1 N–H and O–H groups in total. The quantitative estimate of drug-likeness (QED) is 0.914. The van der Waals surface area contributed by atoms with Gasteiger partial charge in [-0.25, -0.2) is 0 Å². The summed E-state index contributed by atoms with van der Waals surface area (Å²) in [5.74, 6) is 0.320. The number of likely N-dealkylation sites (tertiary alicyclic amines) is 1. The first-order chi connectivity index (χ1) is 9.49. The summed E-state index contributed by atoms with van der Waals surface area (Å²) < 4.78 is 0. The van der Waals surface area contributed by atoms with Crippen LogP contribution in [-0.4, -0.2) is 29.3 Å². The summed E-state index contributed by atoms with van der Waals surface area (Å²) in [5.41, 5.74) is 1.15. The number of carbonyl (C=O) groups is 2. The molecule has 20 heavy (non-hydrogen) atoms. The molecule has 4 nitrogen and oxygen atoms in total. The summed E-state index contributed by atoms with van der Waals surface area (Å²) in [5, 5.41) is 2.89. The first-order valence-corrected chi connectivity index (χ1v) is 7.10. The van der Waals surface area contributed by atoms with E-state index >= 15 is 0 Å². The number of nitrogens with zero attached hydrogens (tertiary/aromatic N) is 1. The topological polar surface area (TPSA) is 49.4 Å². The van der Waals surface area contributed by atoms with Gasteiger partial charge in [0.1, 0.15) is 0 Å². The van der Waals surface area contributed by atoms with Crippen molar-refractivity contribution in [1.82, 2.24) is 10.2 Å². The van der Waals surface area contributed by atoms with Gasteiger partial charge in [0, 0.05) is 31.8 Å². The van der Waals surface area contributed by atoms with E-state index in [2.05, 4.69) is 12.2 Å². The molecule has 108 valence electrons. The first kappa shape index (κ1) is 14.6. The second-order valence-electron chi connectivity index (χ2n) is 5.59. The molecule has 3 atom stereocenters. The third-order valence-corrected chi connectivity index (χ3v) is 4.08. The highest BCUT2D eigenvalue weighted by Crippen LogP contribution is 2.29. The molecule has 1 saturated heterocycles. The third-order valence-electron chi connectivity index (χ3n) is 4.08. The Hall–Kier alpha value is -1.84. The number of hydrogen-bond acceptors (Lipinski definition) is 2. The fraction of sp³-hybridized carbons (Fsp3) is 0.500. The van der Waals surface area contributed by atoms with E-state index in [9.17, 15) is 9.59 Å². The third kappa shape index (κ3) is 3.18. The van der Waals surface area contributed by atoms with Crippen LogP contribution < -0.4 is 5.32 Å². The van der Waals surface area contributed by atoms with E-state index in [4.69, 9.17) is 0 Å². The average Bonchev–Trinajstić information content (AvgIpc) is 2.80. The molecule has 0 aliphatic carbocycles. The van der Waals surface area contributed by atoms with E-state index in [0.29, 0.717) is 13.0 Å². The number of carbonyl (C=O) groups excluding carboxylic acids is 2. The molecule has 0 spiro atoms. The molecule has 1 aliphatic rings. The van der Waals surface area contributed by atoms with Gasteiger partial charge < -0.3 is 10.2 Å². The van der Waals surface area contributed by atoms with Crippen molar-refractivity contribution in [2.24, 2.45) is 5.92 Å².